The Hall–Kier alpha value is -4.12. The van der Waals surface area contributed by atoms with Crippen molar-refractivity contribution < 1.29 is 27.2 Å². The first-order valence-corrected chi connectivity index (χ1v) is 12.5. The number of furan rings is 1. The standard InChI is InChI=1S/C24H26N4O6S/c1-18(28(35(2,31)32)20-7-4-3-5-8-20)24(30)27-26-15-19-10-12-21(13-11-19)34-17-23(29)25-16-22-9-6-14-33-22/h3-15,18H,16-17H2,1-2H3,(H,25,29)(H,27,30)/b26-15-/t18-/m0/s1. The Morgan fingerprint density at radius 1 is 1.09 bits per heavy atom. The molecular formula is C24H26N4O6S. The van der Waals surface area contributed by atoms with E-state index in [1.165, 1.54) is 19.4 Å². The van der Waals surface area contributed by atoms with Crippen LogP contribution >= 0.6 is 0 Å². The van der Waals surface area contributed by atoms with Gasteiger partial charge in [-0.1, -0.05) is 18.2 Å². The zero-order chi connectivity index (χ0) is 25.3. The van der Waals surface area contributed by atoms with Gasteiger partial charge in [0.15, 0.2) is 6.61 Å². The number of hydrogen-bond donors (Lipinski definition) is 2. The van der Waals surface area contributed by atoms with Crippen molar-refractivity contribution in [2.45, 2.75) is 19.5 Å². The molecule has 3 rings (SSSR count). The molecular weight excluding hydrogens is 472 g/mol. The quantitative estimate of drug-likeness (QED) is 0.308. The van der Waals surface area contributed by atoms with Crippen LogP contribution in [0.4, 0.5) is 5.69 Å². The molecule has 0 unspecified atom stereocenters. The Labute approximate surface area is 203 Å². The van der Waals surface area contributed by atoms with Gasteiger partial charge in [0.1, 0.15) is 17.6 Å². The minimum absolute atomic E-state index is 0.152. The van der Waals surface area contributed by atoms with E-state index >= 15 is 0 Å². The molecule has 0 radical (unpaired) electrons. The number of nitrogens with one attached hydrogen (secondary N) is 2. The van der Waals surface area contributed by atoms with Gasteiger partial charge in [0.05, 0.1) is 31.0 Å². The van der Waals surface area contributed by atoms with Gasteiger partial charge in [-0.15, -0.1) is 0 Å². The summed E-state index contributed by atoms with van der Waals surface area (Å²) >= 11 is 0. The minimum atomic E-state index is -3.70. The average Bonchev–Trinajstić information content (AvgIpc) is 3.36. The number of ether oxygens (including phenoxy) is 1. The smallest absolute Gasteiger partial charge is 0.263 e. The highest BCUT2D eigenvalue weighted by Crippen LogP contribution is 2.20. The SMILES string of the molecule is C[C@@H](C(=O)N/N=C\c1ccc(OCC(=O)NCc2ccco2)cc1)N(c1ccccc1)S(C)(=O)=O. The number of amides is 2. The van der Waals surface area contributed by atoms with Crippen molar-refractivity contribution in [3.8, 4) is 5.75 Å². The van der Waals surface area contributed by atoms with E-state index in [4.69, 9.17) is 9.15 Å². The summed E-state index contributed by atoms with van der Waals surface area (Å²) in [6, 6.07) is 17.6. The Kier molecular flexibility index (Phi) is 8.63. The summed E-state index contributed by atoms with van der Waals surface area (Å²) in [5, 5.41) is 6.60. The van der Waals surface area contributed by atoms with Crippen LogP contribution in [0.5, 0.6) is 5.75 Å². The van der Waals surface area contributed by atoms with E-state index in [1.54, 1.807) is 66.7 Å². The van der Waals surface area contributed by atoms with Crippen LogP contribution in [0.1, 0.15) is 18.2 Å². The number of hydrazone groups is 1. The van der Waals surface area contributed by atoms with Crippen molar-refractivity contribution in [3.63, 3.8) is 0 Å². The average molecular weight is 499 g/mol. The largest absolute Gasteiger partial charge is 0.484 e. The van der Waals surface area contributed by atoms with Crippen LogP contribution in [0.3, 0.4) is 0 Å². The van der Waals surface area contributed by atoms with Gasteiger partial charge in [-0.3, -0.25) is 13.9 Å². The van der Waals surface area contributed by atoms with Crippen molar-refractivity contribution in [1.29, 1.82) is 0 Å². The molecule has 0 aliphatic carbocycles. The number of carbonyl (C=O) groups excluding carboxylic acids is 2. The number of sulfonamides is 1. The first-order valence-electron chi connectivity index (χ1n) is 10.6. The van der Waals surface area contributed by atoms with Gasteiger partial charge < -0.3 is 14.5 Å². The fourth-order valence-corrected chi connectivity index (χ4v) is 4.27. The summed E-state index contributed by atoms with van der Waals surface area (Å²) < 4.78 is 36.1. The van der Waals surface area contributed by atoms with Crippen molar-refractivity contribution >= 4 is 33.7 Å². The predicted molar refractivity (Wildman–Crippen MR) is 131 cm³/mol. The molecule has 0 saturated heterocycles. The molecule has 0 spiro atoms. The molecule has 0 aliphatic heterocycles. The molecule has 184 valence electrons. The third-order valence-electron chi connectivity index (χ3n) is 4.78. The van der Waals surface area contributed by atoms with Crippen LogP contribution in [0.25, 0.3) is 0 Å². The van der Waals surface area contributed by atoms with Gasteiger partial charge in [0, 0.05) is 0 Å². The molecule has 2 amide bonds. The Morgan fingerprint density at radius 2 is 1.80 bits per heavy atom. The monoisotopic (exact) mass is 498 g/mol. The Bertz CT molecular complexity index is 1240. The number of benzene rings is 2. The molecule has 0 bridgehead atoms. The molecule has 1 aromatic heterocycles. The fourth-order valence-electron chi connectivity index (χ4n) is 3.10. The summed E-state index contributed by atoms with van der Waals surface area (Å²) in [6.07, 6.45) is 3.99. The van der Waals surface area contributed by atoms with Crippen LogP contribution in [0, 0.1) is 0 Å². The maximum atomic E-state index is 12.5. The third-order valence-corrected chi connectivity index (χ3v) is 6.02. The normalized spacial score (nSPS) is 12.2. The lowest BCUT2D eigenvalue weighted by Crippen LogP contribution is -2.46. The molecule has 0 fully saturated rings. The van der Waals surface area contributed by atoms with Crippen molar-refractivity contribution in [1.82, 2.24) is 10.7 Å². The molecule has 11 heteroatoms. The highest BCUT2D eigenvalue weighted by Gasteiger charge is 2.28. The van der Waals surface area contributed by atoms with Crippen LogP contribution < -0.4 is 19.8 Å². The van der Waals surface area contributed by atoms with E-state index in [-0.39, 0.29) is 19.1 Å². The van der Waals surface area contributed by atoms with Crippen LogP contribution in [-0.2, 0) is 26.2 Å². The lowest BCUT2D eigenvalue weighted by Gasteiger charge is -2.27. The Morgan fingerprint density at radius 3 is 2.43 bits per heavy atom. The lowest BCUT2D eigenvalue weighted by molar-refractivity contribution is -0.123. The molecule has 0 saturated carbocycles. The van der Waals surface area contributed by atoms with E-state index in [1.807, 2.05) is 0 Å². The van der Waals surface area contributed by atoms with E-state index in [2.05, 4.69) is 15.8 Å². The van der Waals surface area contributed by atoms with Gasteiger partial charge in [-0.05, 0) is 61.0 Å². The second-order valence-corrected chi connectivity index (χ2v) is 9.38. The number of para-hydroxylation sites is 1. The number of rotatable bonds is 11. The van der Waals surface area contributed by atoms with Crippen molar-refractivity contribution in [3.05, 3.63) is 84.3 Å². The number of nitrogens with zero attached hydrogens (tertiary/aromatic N) is 2. The maximum Gasteiger partial charge on any atom is 0.263 e. The molecule has 10 nitrogen and oxygen atoms in total. The number of carbonyl (C=O) groups is 2. The summed E-state index contributed by atoms with van der Waals surface area (Å²) in [6.45, 7) is 1.61. The highest BCUT2D eigenvalue weighted by molar-refractivity contribution is 7.92. The van der Waals surface area contributed by atoms with Crippen molar-refractivity contribution in [2.75, 3.05) is 17.2 Å². The number of hydrogen-bond acceptors (Lipinski definition) is 7. The topological polar surface area (TPSA) is 130 Å². The fraction of sp³-hybridized carbons (Fsp3) is 0.208. The van der Waals surface area contributed by atoms with Gasteiger partial charge in [0.25, 0.3) is 11.8 Å². The van der Waals surface area contributed by atoms with Crippen molar-refractivity contribution in [2.24, 2.45) is 5.10 Å². The van der Waals surface area contributed by atoms with E-state index in [9.17, 15) is 18.0 Å². The van der Waals surface area contributed by atoms with Crippen LogP contribution in [0.2, 0.25) is 0 Å². The van der Waals surface area contributed by atoms with Gasteiger partial charge >= 0.3 is 0 Å². The maximum absolute atomic E-state index is 12.5. The van der Waals surface area contributed by atoms with Crippen LogP contribution in [0.15, 0.2) is 82.5 Å². The summed E-state index contributed by atoms with van der Waals surface area (Å²) in [7, 11) is -3.70. The molecule has 35 heavy (non-hydrogen) atoms. The van der Waals surface area contributed by atoms with Gasteiger partial charge in [-0.2, -0.15) is 5.10 Å². The second kappa shape index (κ2) is 11.8. The second-order valence-electron chi connectivity index (χ2n) is 7.52. The molecule has 0 aliphatic rings. The molecule has 2 N–H and O–H groups in total. The third kappa shape index (κ3) is 7.71. The predicted octanol–water partition coefficient (Wildman–Crippen LogP) is 2.28. The zero-order valence-corrected chi connectivity index (χ0v) is 20.1. The Balaban J connectivity index is 1.49. The van der Waals surface area contributed by atoms with Gasteiger partial charge in [0.2, 0.25) is 10.0 Å². The molecule has 1 heterocycles. The zero-order valence-electron chi connectivity index (χ0n) is 19.2. The molecule has 1 atom stereocenters. The summed E-state index contributed by atoms with van der Waals surface area (Å²) in [4.78, 5) is 24.4. The first-order chi connectivity index (χ1) is 16.7. The van der Waals surface area contributed by atoms with E-state index in [0.29, 0.717) is 22.8 Å². The van der Waals surface area contributed by atoms with E-state index < -0.39 is 22.0 Å². The first kappa shape index (κ1) is 25.5. The van der Waals surface area contributed by atoms with Gasteiger partial charge in [-0.25, -0.2) is 13.8 Å². The summed E-state index contributed by atoms with van der Waals surface area (Å²) in [5.74, 6) is 0.255. The summed E-state index contributed by atoms with van der Waals surface area (Å²) in [5.41, 5.74) is 3.41. The highest BCUT2D eigenvalue weighted by atomic mass is 32.2. The molecule has 3 aromatic rings. The van der Waals surface area contributed by atoms with E-state index in [0.717, 1.165) is 10.6 Å². The molecule has 2 aromatic carbocycles. The van der Waals surface area contributed by atoms with Crippen LogP contribution in [-0.4, -0.2) is 45.4 Å². The minimum Gasteiger partial charge on any atom is -0.484 e. The lowest BCUT2D eigenvalue weighted by atomic mass is 10.2. The number of anilines is 1.